The maximum atomic E-state index is 11.1. The van der Waals surface area contributed by atoms with Crippen molar-refractivity contribution < 1.29 is 4.92 Å². The second-order valence-corrected chi connectivity index (χ2v) is 6.85. The highest BCUT2D eigenvalue weighted by molar-refractivity contribution is 5.40. The predicted octanol–water partition coefficient (Wildman–Crippen LogP) is 4.19. The molecule has 4 heteroatoms. The van der Waals surface area contributed by atoms with Gasteiger partial charge in [-0.3, -0.25) is 10.1 Å². The van der Waals surface area contributed by atoms with E-state index in [9.17, 15) is 10.1 Å². The van der Waals surface area contributed by atoms with Crippen LogP contribution in [0, 0.1) is 21.4 Å². The lowest BCUT2D eigenvalue weighted by Gasteiger charge is -2.31. The van der Waals surface area contributed by atoms with Crippen molar-refractivity contribution >= 4 is 5.69 Å². The minimum atomic E-state index is -0.286. The van der Waals surface area contributed by atoms with Gasteiger partial charge in [0.2, 0.25) is 0 Å². The van der Waals surface area contributed by atoms with Gasteiger partial charge in [0.25, 0.3) is 5.69 Å². The van der Waals surface area contributed by atoms with Crippen LogP contribution in [0.2, 0.25) is 0 Å². The Hall–Kier alpha value is -1.42. The first-order valence-electron chi connectivity index (χ1n) is 7.71. The zero-order valence-electron chi connectivity index (χ0n) is 13.8. The van der Waals surface area contributed by atoms with Gasteiger partial charge in [0, 0.05) is 17.7 Å². The molecule has 0 aliphatic heterocycles. The number of hydrogen-bond acceptors (Lipinski definition) is 3. The molecule has 1 N–H and O–H groups in total. The van der Waals surface area contributed by atoms with Crippen LogP contribution >= 0.6 is 0 Å². The molecule has 118 valence electrons. The van der Waals surface area contributed by atoms with Gasteiger partial charge in [0.15, 0.2) is 0 Å². The third kappa shape index (κ3) is 5.46. The van der Waals surface area contributed by atoms with Gasteiger partial charge in [0.1, 0.15) is 0 Å². The van der Waals surface area contributed by atoms with Crippen molar-refractivity contribution in [2.24, 2.45) is 11.3 Å². The maximum absolute atomic E-state index is 11.1. The van der Waals surface area contributed by atoms with E-state index in [1.54, 1.807) is 12.1 Å². The van der Waals surface area contributed by atoms with E-state index in [1.807, 2.05) is 12.1 Å². The number of nitro benzene ring substituents is 1. The highest BCUT2D eigenvalue weighted by atomic mass is 16.6. The van der Waals surface area contributed by atoms with Gasteiger partial charge in [-0.05, 0) is 30.7 Å². The van der Waals surface area contributed by atoms with Crippen LogP contribution < -0.4 is 5.32 Å². The van der Waals surface area contributed by atoms with Gasteiger partial charge in [-0.15, -0.1) is 0 Å². The molecule has 4 nitrogen and oxygen atoms in total. The monoisotopic (exact) mass is 292 g/mol. The van der Waals surface area contributed by atoms with Crippen LogP contribution in [0.3, 0.4) is 0 Å². The molecule has 0 saturated heterocycles. The molecule has 0 radical (unpaired) electrons. The molecule has 1 aromatic rings. The quantitative estimate of drug-likeness (QED) is 0.605. The standard InChI is InChI=1S/C17H28N2O2/c1-6-18-15(11-13(2)17(3,4)5)12-14-9-7-8-10-16(14)19(20)21/h7-10,13,15,18H,6,11-12H2,1-5H3. The topological polar surface area (TPSA) is 55.2 Å². The number of nitro groups is 1. The Morgan fingerprint density at radius 3 is 2.43 bits per heavy atom. The van der Waals surface area contributed by atoms with Crippen molar-refractivity contribution in [3.05, 3.63) is 39.9 Å². The van der Waals surface area contributed by atoms with Gasteiger partial charge in [-0.25, -0.2) is 0 Å². The summed E-state index contributed by atoms with van der Waals surface area (Å²) in [4.78, 5) is 10.8. The minimum absolute atomic E-state index is 0.226. The molecule has 1 aromatic carbocycles. The summed E-state index contributed by atoms with van der Waals surface area (Å²) >= 11 is 0. The van der Waals surface area contributed by atoms with Crippen LogP contribution in [-0.4, -0.2) is 17.5 Å². The van der Waals surface area contributed by atoms with E-state index in [1.165, 1.54) is 0 Å². The van der Waals surface area contributed by atoms with Gasteiger partial charge in [-0.2, -0.15) is 0 Å². The molecule has 2 unspecified atom stereocenters. The normalized spacial score (nSPS) is 14.7. The Kier molecular flexibility index (Phi) is 6.34. The van der Waals surface area contributed by atoms with Gasteiger partial charge >= 0.3 is 0 Å². The SMILES string of the molecule is CCNC(Cc1ccccc1[N+](=O)[O-])CC(C)C(C)(C)C. The molecule has 0 heterocycles. The largest absolute Gasteiger partial charge is 0.314 e. The van der Waals surface area contributed by atoms with Gasteiger partial charge in [-0.1, -0.05) is 52.8 Å². The van der Waals surface area contributed by atoms with Crippen molar-refractivity contribution in [1.82, 2.24) is 5.32 Å². The predicted molar refractivity (Wildman–Crippen MR) is 87.5 cm³/mol. The molecular formula is C17H28N2O2. The third-order valence-corrected chi connectivity index (χ3v) is 4.26. The molecule has 0 bridgehead atoms. The van der Waals surface area contributed by atoms with E-state index in [0.29, 0.717) is 12.3 Å². The number of nitrogens with zero attached hydrogens (tertiary/aromatic N) is 1. The van der Waals surface area contributed by atoms with E-state index < -0.39 is 0 Å². The Labute approximate surface area is 128 Å². The van der Waals surface area contributed by atoms with Gasteiger partial charge < -0.3 is 5.32 Å². The zero-order valence-corrected chi connectivity index (χ0v) is 13.8. The van der Waals surface area contributed by atoms with Crippen LogP contribution in [0.25, 0.3) is 0 Å². The maximum Gasteiger partial charge on any atom is 0.272 e. The fourth-order valence-electron chi connectivity index (χ4n) is 2.43. The second kappa shape index (κ2) is 7.55. The molecule has 0 saturated carbocycles. The van der Waals surface area contributed by atoms with Crippen molar-refractivity contribution in [3.8, 4) is 0 Å². The van der Waals surface area contributed by atoms with E-state index in [4.69, 9.17) is 0 Å². The first-order chi connectivity index (χ1) is 9.75. The van der Waals surface area contributed by atoms with E-state index >= 15 is 0 Å². The van der Waals surface area contributed by atoms with Gasteiger partial charge in [0.05, 0.1) is 4.92 Å². The average molecular weight is 292 g/mol. The number of benzene rings is 1. The highest BCUT2D eigenvalue weighted by Gasteiger charge is 2.25. The molecule has 0 aliphatic rings. The molecule has 21 heavy (non-hydrogen) atoms. The lowest BCUT2D eigenvalue weighted by Crippen LogP contribution is -2.35. The second-order valence-electron chi connectivity index (χ2n) is 6.85. The molecule has 0 spiro atoms. The van der Waals surface area contributed by atoms with Crippen molar-refractivity contribution in [3.63, 3.8) is 0 Å². The Morgan fingerprint density at radius 1 is 1.29 bits per heavy atom. The Morgan fingerprint density at radius 2 is 1.90 bits per heavy atom. The third-order valence-electron chi connectivity index (χ3n) is 4.26. The van der Waals surface area contributed by atoms with E-state index in [0.717, 1.165) is 18.5 Å². The summed E-state index contributed by atoms with van der Waals surface area (Å²) in [5, 5.41) is 14.6. The lowest BCUT2D eigenvalue weighted by molar-refractivity contribution is -0.385. The fraction of sp³-hybridized carbons (Fsp3) is 0.647. The molecule has 0 amide bonds. The summed E-state index contributed by atoms with van der Waals surface area (Å²) in [6, 6.07) is 7.32. The molecule has 2 atom stereocenters. The fourth-order valence-corrected chi connectivity index (χ4v) is 2.43. The van der Waals surface area contributed by atoms with Crippen LogP contribution in [0.5, 0.6) is 0 Å². The first-order valence-corrected chi connectivity index (χ1v) is 7.71. The average Bonchev–Trinajstić information content (AvgIpc) is 2.38. The summed E-state index contributed by atoms with van der Waals surface area (Å²) in [5.41, 5.74) is 1.29. The number of nitrogens with one attached hydrogen (secondary N) is 1. The number of para-hydroxylation sites is 1. The number of likely N-dealkylation sites (N-methyl/N-ethyl adjacent to an activating group) is 1. The molecular weight excluding hydrogens is 264 g/mol. The molecule has 0 fully saturated rings. The molecule has 1 rings (SSSR count). The molecule has 0 aliphatic carbocycles. The summed E-state index contributed by atoms with van der Waals surface area (Å²) in [5.74, 6) is 0.546. The number of hydrogen-bond donors (Lipinski definition) is 1. The van der Waals surface area contributed by atoms with Crippen molar-refractivity contribution in [2.45, 2.75) is 53.5 Å². The van der Waals surface area contributed by atoms with E-state index in [2.05, 4.69) is 39.9 Å². The first kappa shape index (κ1) is 17.6. The van der Waals surface area contributed by atoms with E-state index in [-0.39, 0.29) is 22.1 Å². The summed E-state index contributed by atoms with van der Waals surface area (Å²) in [6.45, 7) is 11.9. The Bertz CT molecular complexity index is 466. The van der Waals surface area contributed by atoms with Crippen LogP contribution in [0.15, 0.2) is 24.3 Å². The highest BCUT2D eigenvalue weighted by Crippen LogP contribution is 2.30. The summed E-state index contributed by atoms with van der Waals surface area (Å²) < 4.78 is 0. The minimum Gasteiger partial charge on any atom is -0.314 e. The lowest BCUT2D eigenvalue weighted by atomic mass is 9.77. The van der Waals surface area contributed by atoms with Crippen LogP contribution in [-0.2, 0) is 6.42 Å². The smallest absolute Gasteiger partial charge is 0.272 e. The van der Waals surface area contributed by atoms with Crippen LogP contribution in [0.4, 0.5) is 5.69 Å². The Balaban J connectivity index is 2.86. The summed E-state index contributed by atoms with van der Waals surface area (Å²) in [7, 11) is 0. The molecule has 0 aromatic heterocycles. The van der Waals surface area contributed by atoms with Crippen molar-refractivity contribution in [1.29, 1.82) is 0 Å². The number of rotatable bonds is 7. The van der Waals surface area contributed by atoms with Crippen LogP contribution in [0.1, 0.15) is 46.6 Å². The zero-order chi connectivity index (χ0) is 16.0. The van der Waals surface area contributed by atoms with Crippen molar-refractivity contribution in [2.75, 3.05) is 6.54 Å². The summed E-state index contributed by atoms with van der Waals surface area (Å²) in [6.07, 6.45) is 1.72.